The number of hydrogen-bond donors (Lipinski definition) is 0. The van der Waals surface area contributed by atoms with Gasteiger partial charge in [0.2, 0.25) is 0 Å². The van der Waals surface area contributed by atoms with Crippen molar-refractivity contribution < 1.29 is 4.42 Å². The van der Waals surface area contributed by atoms with E-state index in [1.807, 2.05) is 0 Å². The number of para-hydroxylation sites is 2. The number of fused-ring (bicyclic) bond motifs is 12. The van der Waals surface area contributed by atoms with Crippen LogP contribution < -0.4 is 0 Å². The molecule has 0 saturated carbocycles. The summed E-state index contributed by atoms with van der Waals surface area (Å²) in [6.45, 7) is 0. The van der Waals surface area contributed by atoms with Crippen molar-refractivity contribution in [2.75, 3.05) is 0 Å². The van der Waals surface area contributed by atoms with Crippen molar-refractivity contribution in [1.82, 2.24) is 4.57 Å². The van der Waals surface area contributed by atoms with Gasteiger partial charge in [-0.3, -0.25) is 0 Å². The second kappa shape index (κ2) is 6.49. The Bertz CT molecular complexity index is 2060. The van der Waals surface area contributed by atoms with Crippen molar-refractivity contribution >= 4 is 65.3 Å². The van der Waals surface area contributed by atoms with Gasteiger partial charge in [0.1, 0.15) is 11.2 Å². The van der Waals surface area contributed by atoms with Gasteiger partial charge in [0, 0.05) is 43.4 Å². The van der Waals surface area contributed by atoms with Gasteiger partial charge >= 0.3 is 0 Å². The van der Waals surface area contributed by atoms with Crippen LogP contribution in [0, 0.1) is 0 Å². The molecule has 2 heteroatoms. The largest absolute Gasteiger partial charge is 0.455 e. The van der Waals surface area contributed by atoms with Gasteiger partial charge in [-0.25, -0.2) is 0 Å². The number of benzene rings is 6. The lowest BCUT2D eigenvalue weighted by molar-refractivity contribution is 0.676. The van der Waals surface area contributed by atoms with E-state index >= 15 is 0 Å². The van der Waals surface area contributed by atoms with Crippen LogP contribution in [0.15, 0.2) is 120 Å². The first-order valence-electron chi connectivity index (χ1n) is 11.6. The van der Waals surface area contributed by atoms with E-state index in [9.17, 15) is 0 Å². The normalized spacial score (nSPS) is 12.1. The summed E-state index contributed by atoms with van der Waals surface area (Å²) >= 11 is 0. The van der Waals surface area contributed by atoms with Crippen LogP contribution in [0.4, 0.5) is 0 Å². The molecule has 2 heterocycles. The van der Waals surface area contributed by atoms with Crippen LogP contribution in [0.5, 0.6) is 0 Å². The molecule has 0 bridgehead atoms. The molecule has 8 aromatic rings. The molecule has 0 amide bonds. The van der Waals surface area contributed by atoms with E-state index in [1.54, 1.807) is 0 Å². The molecule has 0 aliphatic carbocycles. The van der Waals surface area contributed by atoms with Gasteiger partial charge in [0.05, 0.1) is 11.0 Å². The molecule has 0 N–H and O–H groups in total. The fourth-order valence-electron chi connectivity index (χ4n) is 5.74. The van der Waals surface area contributed by atoms with Crippen LogP contribution in [0.25, 0.3) is 71.0 Å². The first kappa shape index (κ1) is 17.9. The molecule has 0 fully saturated rings. The third-order valence-corrected chi connectivity index (χ3v) is 7.15. The van der Waals surface area contributed by atoms with Crippen molar-refractivity contribution in [3.8, 4) is 5.69 Å². The first-order chi connectivity index (χ1) is 16.9. The van der Waals surface area contributed by atoms with Crippen LogP contribution in [0.3, 0.4) is 0 Å². The molecule has 8 rings (SSSR count). The number of rotatable bonds is 1. The molecule has 2 nitrogen and oxygen atoms in total. The Kier molecular flexibility index (Phi) is 3.42. The molecular formula is C32H19NO. The van der Waals surface area contributed by atoms with Crippen molar-refractivity contribution in [2.24, 2.45) is 0 Å². The maximum atomic E-state index is 6.74. The molecule has 0 aliphatic heterocycles. The minimum absolute atomic E-state index is 0.960. The Balaban J connectivity index is 1.75. The van der Waals surface area contributed by atoms with Gasteiger partial charge in [0.25, 0.3) is 0 Å². The monoisotopic (exact) mass is 433 g/mol. The predicted molar refractivity (Wildman–Crippen MR) is 143 cm³/mol. The molecule has 34 heavy (non-hydrogen) atoms. The van der Waals surface area contributed by atoms with E-state index in [0.717, 1.165) is 27.6 Å². The maximum Gasteiger partial charge on any atom is 0.144 e. The van der Waals surface area contributed by atoms with Gasteiger partial charge in [-0.05, 0) is 29.7 Å². The van der Waals surface area contributed by atoms with Crippen LogP contribution >= 0.6 is 0 Å². The number of nitrogens with zero attached hydrogens (tertiary/aromatic N) is 1. The molecule has 0 saturated heterocycles. The highest BCUT2D eigenvalue weighted by Gasteiger charge is 2.22. The highest BCUT2D eigenvalue weighted by atomic mass is 16.3. The van der Waals surface area contributed by atoms with Gasteiger partial charge in [-0.15, -0.1) is 0 Å². The molecule has 0 radical (unpaired) electrons. The van der Waals surface area contributed by atoms with Gasteiger partial charge in [-0.1, -0.05) is 91.0 Å². The summed E-state index contributed by atoms with van der Waals surface area (Å²) in [5.41, 5.74) is 5.52. The van der Waals surface area contributed by atoms with Crippen molar-refractivity contribution in [3.63, 3.8) is 0 Å². The molecule has 0 unspecified atom stereocenters. The minimum Gasteiger partial charge on any atom is -0.455 e. The zero-order chi connectivity index (χ0) is 22.2. The van der Waals surface area contributed by atoms with Crippen molar-refractivity contribution in [2.45, 2.75) is 0 Å². The Hall–Kier alpha value is -4.56. The maximum absolute atomic E-state index is 6.74. The SMILES string of the molecule is c1ccc(-n2c3ccccc3c3c4c5ccc6ccccc6c5oc4c4ccccc4c32)cc1. The summed E-state index contributed by atoms with van der Waals surface area (Å²) in [4.78, 5) is 0. The Morgan fingerprint density at radius 3 is 1.97 bits per heavy atom. The summed E-state index contributed by atoms with van der Waals surface area (Å²) in [5.74, 6) is 0. The number of aromatic nitrogens is 1. The van der Waals surface area contributed by atoms with E-state index in [-0.39, 0.29) is 0 Å². The fourth-order valence-corrected chi connectivity index (χ4v) is 5.74. The Morgan fingerprint density at radius 2 is 1.12 bits per heavy atom. The first-order valence-corrected chi connectivity index (χ1v) is 11.6. The predicted octanol–water partition coefficient (Wildman–Crippen LogP) is 8.99. The summed E-state index contributed by atoms with van der Waals surface area (Å²) < 4.78 is 9.15. The molecule has 2 aromatic heterocycles. The highest BCUT2D eigenvalue weighted by Crippen LogP contribution is 2.46. The smallest absolute Gasteiger partial charge is 0.144 e. The zero-order valence-electron chi connectivity index (χ0n) is 18.3. The average molecular weight is 434 g/mol. The van der Waals surface area contributed by atoms with Crippen LogP contribution in [0.2, 0.25) is 0 Å². The second-order valence-electron chi connectivity index (χ2n) is 8.93. The lowest BCUT2D eigenvalue weighted by Crippen LogP contribution is -1.94. The zero-order valence-corrected chi connectivity index (χ0v) is 18.3. The summed E-state index contributed by atoms with van der Waals surface area (Å²) in [5, 5.41) is 9.55. The minimum atomic E-state index is 0.960. The molecule has 0 aliphatic rings. The lowest BCUT2D eigenvalue weighted by Gasteiger charge is -2.10. The Morgan fingerprint density at radius 1 is 0.441 bits per heavy atom. The van der Waals surface area contributed by atoms with E-state index in [4.69, 9.17) is 4.42 Å². The third kappa shape index (κ3) is 2.20. The molecule has 158 valence electrons. The summed E-state index contributed by atoms with van der Waals surface area (Å²) in [7, 11) is 0. The van der Waals surface area contributed by atoms with Crippen LogP contribution in [0.1, 0.15) is 0 Å². The van der Waals surface area contributed by atoms with E-state index < -0.39 is 0 Å². The van der Waals surface area contributed by atoms with Crippen molar-refractivity contribution in [3.05, 3.63) is 115 Å². The molecule has 0 atom stereocenters. The highest BCUT2D eigenvalue weighted by molar-refractivity contribution is 6.37. The van der Waals surface area contributed by atoms with Gasteiger partial charge < -0.3 is 8.98 Å². The van der Waals surface area contributed by atoms with Crippen molar-refractivity contribution in [1.29, 1.82) is 0 Å². The Labute approximate surface area is 195 Å². The quantitative estimate of drug-likeness (QED) is 0.253. The molecule has 0 spiro atoms. The second-order valence-corrected chi connectivity index (χ2v) is 8.93. The van der Waals surface area contributed by atoms with E-state index in [1.165, 1.54) is 43.4 Å². The standard InChI is InChI=1S/C32H19NO/c1-2-11-21(12-3-1)33-27-17-9-8-16-25(27)28-29-26-19-18-20-10-4-5-13-22(20)31(26)34-32(29)24-15-7-6-14-23(24)30(28)33/h1-19H. The molecular weight excluding hydrogens is 414 g/mol. The molecule has 6 aromatic carbocycles. The topological polar surface area (TPSA) is 18.1 Å². The van der Waals surface area contributed by atoms with Gasteiger partial charge in [0.15, 0.2) is 0 Å². The summed E-state index contributed by atoms with van der Waals surface area (Å²) in [6.07, 6.45) is 0. The number of furan rings is 1. The van der Waals surface area contributed by atoms with Gasteiger partial charge in [-0.2, -0.15) is 0 Å². The fraction of sp³-hybridized carbons (Fsp3) is 0. The van der Waals surface area contributed by atoms with Crippen LogP contribution in [-0.4, -0.2) is 4.57 Å². The lowest BCUT2D eigenvalue weighted by atomic mass is 9.98. The van der Waals surface area contributed by atoms with E-state index in [0.29, 0.717) is 0 Å². The van der Waals surface area contributed by atoms with Crippen LogP contribution in [-0.2, 0) is 0 Å². The number of hydrogen-bond acceptors (Lipinski definition) is 1. The third-order valence-electron chi connectivity index (χ3n) is 7.15. The average Bonchev–Trinajstić information content (AvgIpc) is 3.46. The van der Waals surface area contributed by atoms with E-state index in [2.05, 4.69) is 120 Å². The summed E-state index contributed by atoms with van der Waals surface area (Å²) in [6, 6.07) is 40.9.